The van der Waals surface area contributed by atoms with Gasteiger partial charge in [0.1, 0.15) is 17.9 Å². The van der Waals surface area contributed by atoms with E-state index in [0.29, 0.717) is 18.3 Å². The van der Waals surface area contributed by atoms with Crippen LogP contribution in [0.15, 0.2) is 76.5 Å². The average Bonchev–Trinajstić information content (AvgIpc) is 2.90. The molecule has 0 spiro atoms. The Morgan fingerprint density at radius 2 is 2.13 bits per heavy atom. The van der Waals surface area contributed by atoms with Crippen LogP contribution in [0.5, 0.6) is 0 Å². The predicted molar refractivity (Wildman–Crippen MR) is 161 cm³/mol. The number of benzene rings is 2. The van der Waals surface area contributed by atoms with Crippen LogP contribution in [-0.2, 0) is 6.54 Å². The fourth-order valence-corrected chi connectivity index (χ4v) is 5.33. The molecule has 1 atom stereocenters. The van der Waals surface area contributed by atoms with Crippen molar-refractivity contribution in [2.45, 2.75) is 40.2 Å². The fourth-order valence-electron chi connectivity index (χ4n) is 5.33. The van der Waals surface area contributed by atoms with Crippen LogP contribution < -0.4 is 15.6 Å². The van der Waals surface area contributed by atoms with Gasteiger partial charge in [-0.15, -0.1) is 0 Å². The number of hydrogen-bond donors (Lipinski definition) is 2. The van der Waals surface area contributed by atoms with Gasteiger partial charge < -0.3 is 10.2 Å². The van der Waals surface area contributed by atoms with Gasteiger partial charge in [-0.3, -0.25) is 15.3 Å². The Balaban J connectivity index is 1.61. The molecule has 2 aliphatic heterocycles. The van der Waals surface area contributed by atoms with Crippen molar-refractivity contribution in [2.24, 2.45) is 15.9 Å². The maximum Gasteiger partial charge on any atom is 0.180 e. The van der Waals surface area contributed by atoms with Gasteiger partial charge in [0.2, 0.25) is 0 Å². The number of nitrogens with zero attached hydrogens (tertiary/aromatic N) is 5. The zero-order chi connectivity index (χ0) is 27.8. The van der Waals surface area contributed by atoms with Crippen molar-refractivity contribution in [3.8, 4) is 0 Å². The smallest absolute Gasteiger partial charge is 0.180 e. The van der Waals surface area contributed by atoms with E-state index in [1.54, 1.807) is 24.7 Å². The van der Waals surface area contributed by atoms with Gasteiger partial charge in [0, 0.05) is 38.6 Å². The summed E-state index contributed by atoms with van der Waals surface area (Å²) in [5, 5.41) is 5.47. The minimum Gasteiger partial charge on any atom is -0.370 e. The van der Waals surface area contributed by atoms with Crippen molar-refractivity contribution < 1.29 is 4.39 Å². The highest BCUT2D eigenvalue weighted by atomic mass is 19.1. The SMILES string of the molecule is C=CN1NC=NC(=Nc2ccc(N(C)Cc3cccc(F)c3)c(C)c2)/C1=C(/CC)CN1CCCNCC(C)C1. The molecule has 1 saturated heterocycles. The van der Waals surface area contributed by atoms with E-state index < -0.39 is 0 Å². The van der Waals surface area contributed by atoms with Gasteiger partial charge in [0.15, 0.2) is 5.84 Å². The molecule has 0 aliphatic carbocycles. The number of rotatable bonds is 8. The zero-order valence-corrected chi connectivity index (χ0v) is 23.8. The zero-order valence-electron chi connectivity index (χ0n) is 23.8. The summed E-state index contributed by atoms with van der Waals surface area (Å²) in [5.41, 5.74) is 9.40. The number of hydrazine groups is 1. The molecular weight excluding hydrogens is 489 g/mol. The van der Waals surface area contributed by atoms with Crippen LogP contribution in [0.3, 0.4) is 0 Å². The number of nitrogens with one attached hydrogen (secondary N) is 2. The molecule has 0 amide bonds. The monoisotopic (exact) mass is 531 g/mol. The maximum atomic E-state index is 13.7. The lowest BCUT2D eigenvalue weighted by atomic mass is 10.1. The van der Waals surface area contributed by atoms with Gasteiger partial charge in [-0.2, -0.15) is 0 Å². The van der Waals surface area contributed by atoms with Crippen LogP contribution in [0, 0.1) is 18.7 Å². The van der Waals surface area contributed by atoms with Gasteiger partial charge in [-0.25, -0.2) is 14.4 Å². The van der Waals surface area contributed by atoms with Crippen molar-refractivity contribution in [3.63, 3.8) is 0 Å². The highest BCUT2D eigenvalue weighted by Crippen LogP contribution is 2.28. The van der Waals surface area contributed by atoms with E-state index in [2.05, 4.69) is 65.0 Å². The summed E-state index contributed by atoms with van der Waals surface area (Å²) in [6.07, 6.45) is 5.47. The highest BCUT2D eigenvalue weighted by Gasteiger charge is 2.23. The van der Waals surface area contributed by atoms with E-state index in [1.165, 1.54) is 11.6 Å². The van der Waals surface area contributed by atoms with Gasteiger partial charge in [-0.1, -0.05) is 32.6 Å². The molecule has 2 N–H and O–H groups in total. The molecule has 4 rings (SSSR count). The summed E-state index contributed by atoms with van der Waals surface area (Å²) in [6.45, 7) is 16.3. The molecule has 0 radical (unpaired) electrons. The molecule has 39 heavy (non-hydrogen) atoms. The fraction of sp³-hybridized carbons (Fsp3) is 0.419. The van der Waals surface area contributed by atoms with E-state index in [1.807, 2.05) is 24.2 Å². The molecule has 208 valence electrons. The van der Waals surface area contributed by atoms with E-state index in [0.717, 1.165) is 73.8 Å². The molecule has 2 aromatic carbocycles. The standard InChI is InChI=1S/C31H42FN7/c1-6-26(21-38-15-9-14-33-18-23(3)19-38)30-31(34-22-35-39(30)7-2)36-28-12-13-29(24(4)16-28)37(5)20-25-10-8-11-27(32)17-25/h7-8,10-13,16-17,22-23,33H,2,6,9,14-15,18-21H2,1,3-5H3,(H,34,35,36)/b30-26+. The Kier molecular flexibility index (Phi) is 9.90. The summed E-state index contributed by atoms with van der Waals surface area (Å²) >= 11 is 0. The minimum absolute atomic E-state index is 0.215. The van der Waals surface area contributed by atoms with Crippen LogP contribution in [0.2, 0.25) is 0 Å². The van der Waals surface area contributed by atoms with Crippen LogP contribution in [0.1, 0.15) is 37.8 Å². The molecule has 0 bridgehead atoms. The molecule has 1 unspecified atom stereocenters. The summed E-state index contributed by atoms with van der Waals surface area (Å²) in [5.74, 6) is 1.06. The first kappa shape index (κ1) is 28.5. The maximum absolute atomic E-state index is 13.7. The Morgan fingerprint density at radius 3 is 2.87 bits per heavy atom. The molecule has 2 aliphatic rings. The van der Waals surface area contributed by atoms with Crippen molar-refractivity contribution in [1.29, 1.82) is 0 Å². The second-order valence-electron chi connectivity index (χ2n) is 10.5. The average molecular weight is 532 g/mol. The first-order valence-electron chi connectivity index (χ1n) is 13.9. The predicted octanol–water partition coefficient (Wildman–Crippen LogP) is 5.39. The Hall–Kier alpha value is -3.49. The quantitative estimate of drug-likeness (QED) is 0.479. The van der Waals surface area contributed by atoms with E-state index >= 15 is 0 Å². The molecule has 0 saturated carbocycles. The van der Waals surface area contributed by atoms with E-state index in [4.69, 9.17) is 4.99 Å². The Morgan fingerprint density at radius 1 is 1.28 bits per heavy atom. The topological polar surface area (TPSA) is 58.5 Å². The summed E-state index contributed by atoms with van der Waals surface area (Å²) in [6, 6.07) is 12.9. The lowest BCUT2D eigenvalue weighted by Gasteiger charge is -2.33. The van der Waals surface area contributed by atoms with Crippen molar-refractivity contribution in [2.75, 3.05) is 44.7 Å². The van der Waals surface area contributed by atoms with Gasteiger partial charge >= 0.3 is 0 Å². The lowest BCUT2D eigenvalue weighted by Crippen LogP contribution is -2.42. The number of aliphatic imine (C=N–C) groups is 2. The van der Waals surface area contributed by atoms with Crippen LogP contribution in [0.25, 0.3) is 0 Å². The third-order valence-electron chi connectivity index (χ3n) is 7.22. The Labute approximate surface area is 232 Å². The summed E-state index contributed by atoms with van der Waals surface area (Å²) in [7, 11) is 2.02. The second-order valence-corrected chi connectivity index (χ2v) is 10.5. The number of aryl methyl sites for hydroxylation is 1. The van der Waals surface area contributed by atoms with Crippen LogP contribution in [-0.4, -0.2) is 61.9 Å². The lowest BCUT2D eigenvalue weighted by molar-refractivity contribution is 0.229. The molecule has 1 fully saturated rings. The van der Waals surface area contributed by atoms with E-state index in [-0.39, 0.29) is 5.82 Å². The van der Waals surface area contributed by atoms with Crippen LogP contribution >= 0.6 is 0 Å². The van der Waals surface area contributed by atoms with Gasteiger partial charge in [0.05, 0.1) is 5.69 Å². The molecule has 2 aromatic rings. The number of halogens is 1. The summed E-state index contributed by atoms with van der Waals surface area (Å²) < 4.78 is 13.7. The third-order valence-corrected chi connectivity index (χ3v) is 7.22. The van der Waals surface area contributed by atoms with Gasteiger partial charge in [-0.05, 0) is 92.3 Å². The third kappa shape index (κ3) is 7.55. The van der Waals surface area contributed by atoms with Crippen molar-refractivity contribution in [3.05, 3.63) is 83.5 Å². The molecular formula is C31H42FN7. The normalized spacial score (nSPS) is 20.8. The largest absolute Gasteiger partial charge is 0.370 e. The van der Waals surface area contributed by atoms with Gasteiger partial charge in [0.25, 0.3) is 0 Å². The molecule has 8 heteroatoms. The molecule has 0 aromatic heterocycles. The minimum atomic E-state index is -0.215. The molecule has 7 nitrogen and oxygen atoms in total. The number of amidine groups is 1. The van der Waals surface area contributed by atoms with E-state index in [9.17, 15) is 4.39 Å². The second kappa shape index (κ2) is 13.5. The number of anilines is 1. The highest BCUT2D eigenvalue weighted by molar-refractivity contribution is 6.05. The van der Waals surface area contributed by atoms with Crippen LogP contribution in [0.4, 0.5) is 15.8 Å². The van der Waals surface area contributed by atoms with Crippen molar-refractivity contribution in [1.82, 2.24) is 20.7 Å². The molecule has 2 heterocycles. The first-order chi connectivity index (χ1) is 18.9. The number of hydrogen-bond acceptors (Lipinski definition) is 6. The summed E-state index contributed by atoms with van der Waals surface area (Å²) in [4.78, 5) is 14.3. The van der Waals surface area contributed by atoms with Crippen molar-refractivity contribution >= 4 is 23.5 Å². The Bertz CT molecular complexity index is 1240. The first-order valence-corrected chi connectivity index (χ1v) is 13.9.